The van der Waals surface area contributed by atoms with Crippen molar-refractivity contribution in [2.24, 2.45) is 0 Å². The summed E-state index contributed by atoms with van der Waals surface area (Å²) in [6.07, 6.45) is -3.47. The van der Waals surface area contributed by atoms with Gasteiger partial charge in [0, 0.05) is 6.26 Å². The van der Waals surface area contributed by atoms with Gasteiger partial charge in [-0.1, -0.05) is 30.3 Å². The molecule has 0 unspecified atom stereocenters. The molecule has 0 radical (unpaired) electrons. The monoisotopic (exact) mass is 394 g/mol. The molecule has 0 heterocycles. The zero-order valence-corrected chi connectivity index (χ0v) is 14.9. The number of hydrogen-bond acceptors (Lipinski definition) is 2. The first-order valence-corrected chi connectivity index (χ1v) is 9.72. The first kappa shape index (κ1) is 19.1. The van der Waals surface area contributed by atoms with E-state index in [1.165, 1.54) is 54.6 Å². The summed E-state index contributed by atoms with van der Waals surface area (Å²) in [7, 11) is -3.42. The van der Waals surface area contributed by atoms with E-state index < -0.39 is 27.4 Å². The van der Waals surface area contributed by atoms with Crippen LogP contribution in [0.3, 0.4) is 0 Å². The molecular weight excluding hydrogens is 380 g/mol. The van der Waals surface area contributed by atoms with Crippen LogP contribution in [0.2, 0.25) is 0 Å². The summed E-state index contributed by atoms with van der Waals surface area (Å²) in [4.78, 5) is 0.0709. The predicted octanol–water partition coefficient (Wildman–Crippen LogP) is 5.58. The van der Waals surface area contributed by atoms with E-state index in [0.717, 1.165) is 18.4 Å². The number of sulfone groups is 1. The molecule has 0 spiro atoms. The van der Waals surface area contributed by atoms with Crippen LogP contribution in [0.15, 0.2) is 71.6 Å². The van der Waals surface area contributed by atoms with Crippen molar-refractivity contribution in [1.29, 1.82) is 0 Å². The molecular formula is C20H14F4O2S. The Kier molecular flexibility index (Phi) is 4.82. The van der Waals surface area contributed by atoms with Crippen molar-refractivity contribution < 1.29 is 26.0 Å². The maximum absolute atomic E-state index is 13.2. The molecule has 0 atom stereocenters. The van der Waals surface area contributed by atoms with Crippen LogP contribution in [-0.2, 0) is 16.0 Å². The summed E-state index contributed by atoms with van der Waals surface area (Å²) >= 11 is 0. The Balaban J connectivity index is 2.20. The lowest BCUT2D eigenvalue weighted by Gasteiger charge is -2.15. The molecule has 0 aliphatic carbocycles. The van der Waals surface area contributed by atoms with E-state index in [0.29, 0.717) is 16.7 Å². The van der Waals surface area contributed by atoms with Crippen LogP contribution in [0, 0.1) is 5.82 Å². The molecule has 2 nitrogen and oxygen atoms in total. The molecule has 0 bridgehead atoms. The molecule has 0 aromatic heterocycles. The van der Waals surface area contributed by atoms with Crippen molar-refractivity contribution in [3.63, 3.8) is 0 Å². The van der Waals surface area contributed by atoms with Gasteiger partial charge in [0.25, 0.3) is 0 Å². The van der Waals surface area contributed by atoms with Gasteiger partial charge in [0.2, 0.25) is 0 Å². The zero-order chi connectivity index (χ0) is 19.8. The van der Waals surface area contributed by atoms with Gasteiger partial charge >= 0.3 is 6.18 Å². The second kappa shape index (κ2) is 6.81. The van der Waals surface area contributed by atoms with Crippen molar-refractivity contribution >= 4 is 9.84 Å². The summed E-state index contributed by atoms with van der Waals surface area (Å²) in [5, 5.41) is 0. The third-order valence-corrected chi connectivity index (χ3v) is 5.22. The van der Waals surface area contributed by atoms with Gasteiger partial charge in [0.05, 0.1) is 10.5 Å². The van der Waals surface area contributed by atoms with Gasteiger partial charge in [0.15, 0.2) is 9.84 Å². The minimum atomic E-state index is -4.53. The van der Waals surface area contributed by atoms with Gasteiger partial charge in [-0.05, 0) is 58.7 Å². The summed E-state index contributed by atoms with van der Waals surface area (Å²) in [6.45, 7) is 0. The largest absolute Gasteiger partial charge is 0.416 e. The molecule has 27 heavy (non-hydrogen) atoms. The molecule has 0 aliphatic heterocycles. The summed E-state index contributed by atoms with van der Waals surface area (Å²) < 4.78 is 75.9. The lowest BCUT2D eigenvalue weighted by molar-refractivity contribution is -0.137. The van der Waals surface area contributed by atoms with E-state index in [-0.39, 0.29) is 10.5 Å². The second-order valence-electron chi connectivity index (χ2n) is 6.06. The van der Waals surface area contributed by atoms with Gasteiger partial charge in [-0.25, -0.2) is 12.8 Å². The first-order chi connectivity index (χ1) is 12.6. The fourth-order valence-corrected chi connectivity index (χ4v) is 3.35. The summed E-state index contributed by atoms with van der Waals surface area (Å²) in [6, 6.07) is 14.3. The van der Waals surface area contributed by atoms with Crippen LogP contribution in [0.1, 0.15) is 5.56 Å². The Hall–Kier alpha value is -2.67. The van der Waals surface area contributed by atoms with E-state index >= 15 is 0 Å². The van der Waals surface area contributed by atoms with Crippen LogP contribution in [0.4, 0.5) is 17.6 Å². The minimum Gasteiger partial charge on any atom is -0.224 e. The normalized spacial score (nSPS) is 12.2. The van der Waals surface area contributed by atoms with E-state index in [1.807, 2.05) is 0 Å². The Morgan fingerprint density at radius 1 is 0.741 bits per heavy atom. The van der Waals surface area contributed by atoms with Crippen LogP contribution in [0.25, 0.3) is 22.3 Å². The van der Waals surface area contributed by atoms with Crippen molar-refractivity contribution in [1.82, 2.24) is 0 Å². The average Bonchev–Trinajstić information content (AvgIpc) is 2.60. The van der Waals surface area contributed by atoms with Crippen molar-refractivity contribution in [3.05, 3.63) is 78.1 Å². The van der Waals surface area contributed by atoms with Crippen LogP contribution < -0.4 is 0 Å². The van der Waals surface area contributed by atoms with Crippen LogP contribution >= 0.6 is 0 Å². The first-order valence-electron chi connectivity index (χ1n) is 7.83. The van der Waals surface area contributed by atoms with E-state index in [9.17, 15) is 26.0 Å². The van der Waals surface area contributed by atoms with Gasteiger partial charge in [-0.15, -0.1) is 0 Å². The summed E-state index contributed by atoms with van der Waals surface area (Å²) in [5.41, 5.74) is 0.905. The molecule has 0 N–H and O–H groups in total. The molecule has 0 fully saturated rings. The lowest BCUT2D eigenvalue weighted by atomic mass is 9.92. The Morgan fingerprint density at radius 2 is 1.26 bits per heavy atom. The topological polar surface area (TPSA) is 34.1 Å². The highest BCUT2D eigenvalue weighted by atomic mass is 32.2. The van der Waals surface area contributed by atoms with Gasteiger partial charge < -0.3 is 0 Å². The van der Waals surface area contributed by atoms with Gasteiger partial charge in [-0.2, -0.15) is 13.2 Å². The molecule has 0 aliphatic rings. The Morgan fingerprint density at radius 3 is 1.78 bits per heavy atom. The van der Waals surface area contributed by atoms with E-state index in [4.69, 9.17) is 0 Å². The highest BCUT2D eigenvalue weighted by molar-refractivity contribution is 7.90. The molecule has 7 heteroatoms. The number of benzene rings is 3. The molecule has 0 amide bonds. The average molecular weight is 394 g/mol. The molecule has 0 saturated heterocycles. The maximum Gasteiger partial charge on any atom is 0.416 e. The van der Waals surface area contributed by atoms with E-state index in [2.05, 4.69) is 0 Å². The van der Waals surface area contributed by atoms with Crippen molar-refractivity contribution in [3.8, 4) is 22.3 Å². The highest BCUT2D eigenvalue weighted by Gasteiger charge is 2.31. The maximum atomic E-state index is 13.2. The lowest BCUT2D eigenvalue weighted by Crippen LogP contribution is -2.05. The molecule has 140 valence electrons. The van der Waals surface area contributed by atoms with Crippen LogP contribution in [0.5, 0.6) is 0 Å². The molecule has 3 aromatic rings. The second-order valence-corrected chi connectivity index (χ2v) is 8.08. The third kappa shape index (κ3) is 4.19. The number of alkyl halides is 3. The minimum absolute atomic E-state index is 0.0709. The summed E-state index contributed by atoms with van der Waals surface area (Å²) in [5.74, 6) is -0.454. The molecule has 0 saturated carbocycles. The number of hydrogen-bond donors (Lipinski definition) is 0. The Bertz CT molecular complexity index is 1070. The Labute approximate surface area is 154 Å². The van der Waals surface area contributed by atoms with E-state index in [1.54, 1.807) is 0 Å². The number of halogens is 4. The fraction of sp³-hybridized carbons (Fsp3) is 0.100. The van der Waals surface area contributed by atoms with Crippen LogP contribution in [-0.4, -0.2) is 14.7 Å². The molecule has 3 rings (SSSR count). The van der Waals surface area contributed by atoms with Gasteiger partial charge in [0.1, 0.15) is 5.82 Å². The zero-order valence-electron chi connectivity index (χ0n) is 14.1. The predicted molar refractivity (Wildman–Crippen MR) is 95.4 cm³/mol. The SMILES string of the molecule is CS(=O)(=O)c1ccc(-c2cc(C(F)(F)F)ccc2-c2ccc(F)cc2)cc1. The van der Waals surface area contributed by atoms with Gasteiger partial charge in [-0.3, -0.25) is 0 Å². The molecule has 3 aromatic carbocycles. The quantitative estimate of drug-likeness (QED) is 0.544. The highest BCUT2D eigenvalue weighted by Crippen LogP contribution is 2.38. The fourth-order valence-electron chi connectivity index (χ4n) is 2.72. The smallest absolute Gasteiger partial charge is 0.224 e. The third-order valence-electron chi connectivity index (χ3n) is 4.10. The van der Waals surface area contributed by atoms with Crippen molar-refractivity contribution in [2.75, 3.05) is 6.26 Å². The number of rotatable bonds is 3. The standard InChI is InChI=1S/C20H14F4O2S/c1-27(25,26)17-9-4-14(5-10-17)19-12-15(20(22,23)24)6-11-18(19)13-2-7-16(21)8-3-13/h2-12H,1H3. The van der Waals surface area contributed by atoms with Crippen molar-refractivity contribution in [2.45, 2.75) is 11.1 Å².